The molecule has 0 spiro atoms. The van der Waals surface area contributed by atoms with Gasteiger partial charge in [0.25, 0.3) is 0 Å². The number of nitrogens with zero attached hydrogens (tertiary/aromatic N) is 1. The van der Waals surface area contributed by atoms with E-state index in [9.17, 15) is 14.4 Å². The quantitative estimate of drug-likeness (QED) is 0.612. The minimum atomic E-state index is -0.746. The average Bonchev–Trinajstić information content (AvgIpc) is 2.88. The number of hydrogen-bond acceptors (Lipinski definition) is 5. The second-order valence-corrected chi connectivity index (χ2v) is 7.16. The fraction of sp³-hybridized carbons (Fsp3) is 0.706. The Morgan fingerprint density at radius 2 is 1.88 bits per heavy atom. The second kappa shape index (κ2) is 7.23. The van der Waals surface area contributed by atoms with E-state index in [4.69, 9.17) is 9.47 Å². The molecule has 24 heavy (non-hydrogen) atoms. The van der Waals surface area contributed by atoms with Crippen molar-refractivity contribution in [1.29, 1.82) is 0 Å². The second-order valence-electron chi connectivity index (χ2n) is 7.16. The van der Waals surface area contributed by atoms with E-state index in [1.165, 1.54) is 7.11 Å². The number of fused-ring (bicyclic) bond motifs is 1. The van der Waals surface area contributed by atoms with Gasteiger partial charge in [-0.15, -0.1) is 0 Å². The molecule has 1 fully saturated rings. The molecule has 0 aromatic rings. The number of carbonyl (C=O) groups is 3. The zero-order valence-corrected chi connectivity index (χ0v) is 14.7. The van der Waals surface area contributed by atoms with Crippen molar-refractivity contribution in [1.82, 2.24) is 10.2 Å². The Morgan fingerprint density at radius 3 is 2.50 bits per heavy atom. The highest BCUT2D eigenvalue weighted by Crippen LogP contribution is 2.30. The molecule has 0 aromatic carbocycles. The highest BCUT2D eigenvalue weighted by atomic mass is 16.6. The maximum absolute atomic E-state index is 12.9. The van der Waals surface area contributed by atoms with Gasteiger partial charge in [0, 0.05) is 6.04 Å². The Kier molecular flexibility index (Phi) is 5.51. The SMILES string of the molecule is COC(=O)[C@@H]1CC[C@@H]2C/C=C\C[C@@H](NC(=O)OC(C)(C)C)C(=O)N21. The van der Waals surface area contributed by atoms with Gasteiger partial charge >= 0.3 is 12.1 Å². The Bertz CT molecular complexity index is 538. The molecule has 0 aliphatic carbocycles. The maximum Gasteiger partial charge on any atom is 0.408 e. The van der Waals surface area contributed by atoms with Crippen LogP contribution < -0.4 is 5.32 Å². The van der Waals surface area contributed by atoms with Gasteiger partial charge in [-0.25, -0.2) is 9.59 Å². The molecule has 1 N–H and O–H groups in total. The summed E-state index contributed by atoms with van der Waals surface area (Å²) in [6.45, 7) is 5.28. The molecule has 0 saturated carbocycles. The first-order valence-corrected chi connectivity index (χ1v) is 8.27. The van der Waals surface area contributed by atoms with Crippen molar-refractivity contribution in [3.05, 3.63) is 12.2 Å². The van der Waals surface area contributed by atoms with Gasteiger partial charge in [-0.2, -0.15) is 0 Å². The average molecular weight is 338 g/mol. The molecule has 0 radical (unpaired) electrons. The van der Waals surface area contributed by atoms with Gasteiger partial charge in [0.1, 0.15) is 17.7 Å². The predicted molar refractivity (Wildman–Crippen MR) is 87.2 cm³/mol. The van der Waals surface area contributed by atoms with Gasteiger partial charge in [-0.1, -0.05) is 12.2 Å². The minimum Gasteiger partial charge on any atom is -0.467 e. The van der Waals surface area contributed by atoms with E-state index in [1.807, 2.05) is 12.2 Å². The van der Waals surface area contributed by atoms with Gasteiger partial charge in [-0.3, -0.25) is 4.79 Å². The van der Waals surface area contributed by atoms with Crippen molar-refractivity contribution in [3.8, 4) is 0 Å². The fourth-order valence-corrected chi connectivity index (χ4v) is 3.15. The van der Waals surface area contributed by atoms with Crippen LogP contribution in [0.5, 0.6) is 0 Å². The molecule has 0 bridgehead atoms. The maximum atomic E-state index is 12.9. The number of ether oxygens (including phenoxy) is 2. The fourth-order valence-electron chi connectivity index (χ4n) is 3.15. The number of esters is 1. The molecule has 7 heteroatoms. The predicted octanol–water partition coefficient (Wildman–Crippen LogP) is 1.76. The summed E-state index contributed by atoms with van der Waals surface area (Å²) in [5.41, 5.74) is -0.644. The monoisotopic (exact) mass is 338 g/mol. The summed E-state index contributed by atoms with van der Waals surface area (Å²) in [6, 6.07) is -1.37. The van der Waals surface area contributed by atoms with Crippen molar-refractivity contribution < 1.29 is 23.9 Å². The molecule has 1 saturated heterocycles. The number of hydrogen-bond donors (Lipinski definition) is 1. The summed E-state index contributed by atoms with van der Waals surface area (Å²) in [5.74, 6) is -0.672. The minimum absolute atomic E-state index is 0.0407. The van der Waals surface area contributed by atoms with E-state index in [0.29, 0.717) is 19.3 Å². The van der Waals surface area contributed by atoms with Gasteiger partial charge in [-0.05, 0) is 46.5 Å². The number of nitrogens with one attached hydrogen (secondary N) is 1. The van der Waals surface area contributed by atoms with Crippen molar-refractivity contribution >= 4 is 18.0 Å². The van der Waals surface area contributed by atoms with E-state index in [-0.39, 0.29) is 11.9 Å². The van der Waals surface area contributed by atoms with E-state index in [2.05, 4.69) is 5.32 Å². The Hall–Kier alpha value is -2.05. The van der Waals surface area contributed by atoms with E-state index in [0.717, 1.165) is 6.42 Å². The lowest BCUT2D eigenvalue weighted by molar-refractivity contribution is -0.153. The molecule has 2 heterocycles. The van der Waals surface area contributed by atoms with E-state index >= 15 is 0 Å². The number of methoxy groups -OCH3 is 1. The van der Waals surface area contributed by atoms with Gasteiger partial charge in [0.2, 0.25) is 5.91 Å². The Balaban J connectivity index is 2.15. The summed E-state index contributed by atoms with van der Waals surface area (Å²) in [6.07, 6.45) is 5.65. The number of rotatable bonds is 2. The zero-order chi connectivity index (χ0) is 17.9. The lowest BCUT2D eigenvalue weighted by Crippen LogP contribution is -2.55. The van der Waals surface area contributed by atoms with Crippen LogP contribution in [0.25, 0.3) is 0 Å². The van der Waals surface area contributed by atoms with Crippen LogP contribution in [0.4, 0.5) is 4.79 Å². The summed E-state index contributed by atoms with van der Waals surface area (Å²) in [7, 11) is 1.32. The molecule has 134 valence electrons. The smallest absolute Gasteiger partial charge is 0.408 e. The Morgan fingerprint density at radius 1 is 1.21 bits per heavy atom. The molecule has 0 unspecified atom stereocenters. The molecule has 2 aliphatic rings. The largest absolute Gasteiger partial charge is 0.467 e. The molecule has 2 aliphatic heterocycles. The highest BCUT2D eigenvalue weighted by Gasteiger charge is 2.44. The van der Waals surface area contributed by atoms with Crippen LogP contribution in [0, 0.1) is 0 Å². The molecular formula is C17H26N2O5. The third-order valence-corrected chi connectivity index (χ3v) is 4.17. The van der Waals surface area contributed by atoms with Crippen molar-refractivity contribution in [2.24, 2.45) is 0 Å². The first-order chi connectivity index (χ1) is 11.2. The molecule has 0 aromatic heterocycles. The zero-order valence-electron chi connectivity index (χ0n) is 14.7. The third kappa shape index (κ3) is 4.27. The first kappa shape index (κ1) is 18.3. The standard InChI is InChI=1S/C17H26N2O5/c1-17(2,3)24-16(22)18-12-8-6-5-7-11-9-10-13(15(21)23-4)19(11)14(12)20/h5-6,11-13H,7-10H2,1-4H3,(H,18,22)/b6-5-/t11-,12+,13-/m0/s1. The summed E-state index contributed by atoms with van der Waals surface area (Å²) in [5, 5.41) is 2.63. The van der Waals surface area contributed by atoms with Crippen molar-refractivity contribution in [2.75, 3.05) is 7.11 Å². The lowest BCUT2D eigenvalue weighted by Gasteiger charge is -2.33. The van der Waals surface area contributed by atoms with Crippen LogP contribution in [0.1, 0.15) is 46.5 Å². The molecule has 2 amide bonds. The molecule has 2 rings (SSSR count). The summed E-state index contributed by atoms with van der Waals surface area (Å²) in [4.78, 5) is 38.5. The normalized spacial score (nSPS) is 28.4. The van der Waals surface area contributed by atoms with Gasteiger partial charge < -0.3 is 19.7 Å². The number of alkyl carbamates (subject to hydrolysis) is 1. The van der Waals surface area contributed by atoms with Crippen LogP contribution in [0.2, 0.25) is 0 Å². The topological polar surface area (TPSA) is 84.9 Å². The van der Waals surface area contributed by atoms with Crippen LogP contribution in [0.3, 0.4) is 0 Å². The highest BCUT2D eigenvalue weighted by molar-refractivity contribution is 5.90. The lowest BCUT2D eigenvalue weighted by atomic mass is 10.0. The number of amides is 2. The summed E-state index contributed by atoms with van der Waals surface area (Å²) >= 11 is 0. The van der Waals surface area contributed by atoms with Gasteiger partial charge in [0.15, 0.2) is 0 Å². The van der Waals surface area contributed by atoms with Crippen LogP contribution >= 0.6 is 0 Å². The van der Waals surface area contributed by atoms with Crippen LogP contribution in [-0.4, -0.2) is 53.7 Å². The van der Waals surface area contributed by atoms with Gasteiger partial charge in [0.05, 0.1) is 7.11 Å². The third-order valence-electron chi connectivity index (χ3n) is 4.17. The molecule has 7 nitrogen and oxygen atoms in total. The Labute approximate surface area is 142 Å². The van der Waals surface area contributed by atoms with Crippen molar-refractivity contribution in [2.45, 2.75) is 70.2 Å². The van der Waals surface area contributed by atoms with Crippen LogP contribution in [-0.2, 0) is 19.1 Å². The van der Waals surface area contributed by atoms with E-state index < -0.39 is 29.7 Å². The number of carbonyl (C=O) groups excluding carboxylic acids is 3. The van der Waals surface area contributed by atoms with E-state index in [1.54, 1.807) is 25.7 Å². The van der Waals surface area contributed by atoms with Crippen molar-refractivity contribution in [3.63, 3.8) is 0 Å². The first-order valence-electron chi connectivity index (χ1n) is 8.27. The molecule has 3 atom stereocenters. The summed E-state index contributed by atoms with van der Waals surface area (Å²) < 4.78 is 10.1. The molecular weight excluding hydrogens is 312 g/mol. The van der Waals surface area contributed by atoms with Crippen LogP contribution in [0.15, 0.2) is 12.2 Å².